The Kier molecular flexibility index (Phi) is 5.67. The topological polar surface area (TPSA) is 36.4 Å². The Labute approximate surface area is 130 Å². The molecule has 0 spiro atoms. The van der Waals surface area contributed by atoms with Crippen molar-refractivity contribution < 1.29 is 0 Å². The fraction of sp³-hybridized carbons (Fsp3) is 0.0588. The summed E-state index contributed by atoms with van der Waals surface area (Å²) in [6.07, 6.45) is 3.47. The van der Waals surface area contributed by atoms with Crippen molar-refractivity contribution in [2.24, 2.45) is 5.10 Å². The molecule has 0 bridgehead atoms. The van der Waals surface area contributed by atoms with Gasteiger partial charge < -0.3 is 5.32 Å². The van der Waals surface area contributed by atoms with Crippen LogP contribution in [0.3, 0.4) is 0 Å². The standard InChI is InChI=1S/C17H17N3S/c1-2-12-18-17(21)20-19-13-14-8-10-16(11-9-14)15-6-4-3-5-7-15/h2-11,13H,1,12H2,(H2,18,20,21)/b19-13+. The zero-order valence-electron chi connectivity index (χ0n) is 11.6. The van der Waals surface area contributed by atoms with Crippen LogP contribution in [0.5, 0.6) is 0 Å². The molecule has 2 rings (SSSR count). The molecule has 4 heteroatoms. The Balaban J connectivity index is 1.93. The molecule has 0 fully saturated rings. The molecular formula is C17H17N3S. The van der Waals surface area contributed by atoms with E-state index in [0.29, 0.717) is 11.7 Å². The van der Waals surface area contributed by atoms with Crippen molar-refractivity contribution in [3.63, 3.8) is 0 Å². The molecule has 106 valence electrons. The van der Waals surface area contributed by atoms with Gasteiger partial charge in [-0.05, 0) is 28.9 Å². The first kappa shape index (κ1) is 14.9. The van der Waals surface area contributed by atoms with Gasteiger partial charge in [-0.15, -0.1) is 6.58 Å². The summed E-state index contributed by atoms with van der Waals surface area (Å²) in [6, 6.07) is 18.5. The number of benzene rings is 2. The highest BCUT2D eigenvalue weighted by molar-refractivity contribution is 7.80. The molecule has 0 saturated heterocycles. The van der Waals surface area contributed by atoms with Crippen molar-refractivity contribution >= 4 is 23.5 Å². The van der Waals surface area contributed by atoms with E-state index in [2.05, 4.69) is 46.7 Å². The van der Waals surface area contributed by atoms with Crippen LogP contribution in [-0.2, 0) is 0 Å². The largest absolute Gasteiger partial charge is 0.358 e. The fourth-order valence-corrected chi connectivity index (χ4v) is 1.90. The van der Waals surface area contributed by atoms with Crippen molar-refractivity contribution in [1.82, 2.24) is 10.7 Å². The van der Waals surface area contributed by atoms with Crippen LogP contribution in [0.2, 0.25) is 0 Å². The average Bonchev–Trinajstić information content (AvgIpc) is 2.54. The highest BCUT2D eigenvalue weighted by atomic mass is 32.1. The van der Waals surface area contributed by atoms with Gasteiger partial charge in [-0.1, -0.05) is 60.7 Å². The molecule has 0 heterocycles. The second-order valence-electron chi connectivity index (χ2n) is 4.36. The highest BCUT2D eigenvalue weighted by Crippen LogP contribution is 2.18. The van der Waals surface area contributed by atoms with E-state index in [9.17, 15) is 0 Å². The van der Waals surface area contributed by atoms with E-state index in [0.717, 1.165) is 5.56 Å². The maximum atomic E-state index is 5.04. The third-order valence-corrected chi connectivity index (χ3v) is 3.04. The molecule has 0 amide bonds. The van der Waals surface area contributed by atoms with E-state index in [4.69, 9.17) is 12.2 Å². The van der Waals surface area contributed by atoms with Crippen LogP contribution in [0.1, 0.15) is 5.56 Å². The van der Waals surface area contributed by atoms with E-state index < -0.39 is 0 Å². The second kappa shape index (κ2) is 7.97. The molecule has 3 nitrogen and oxygen atoms in total. The summed E-state index contributed by atoms with van der Waals surface area (Å²) in [5.41, 5.74) is 6.15. The number of hydrogen-bond donors (Lipinski definition) is 2. The van der Waals surface area contributed by atoms with Crippen LogP contribution in [0.15, 0.2) is 72.4 Å². The van der Waals surface area contributed by atoms with E-state index in [1.54, 1.807) is 12.3 Å². The minimum atomic E-state index is 0.479. The van der Waals surface area contributed by atoms with Gasteiger partial charge in [0.05, 0.1) is 6.21 Å². The van der Waals surface area contributed by atoms with Crippen LogP contribution < -0.4 is 10.7 Å². The van der Waals surface area contributed by atoms with Gasteiger partial charge in [0.15, 0.2) is 5.11 Å². The summed E-state index contributed by atoms with van der Waals surface area (Å²) in [4.78, 5) is 0. The zero-order valence-corrected chi connectivity index (χ0v) is 12.4. The number of hydrogen-bond acceptors (Lipinski definition) is 2. The minimum absolute atomic E-state index is 0.479. The summed E-state index contributed by atoms with van der Waals surface area (Å²) >= 11 is 5.04. The Morgan fingerprint density at radius 3 is 2.38 bits per heavy atom. The lowest BCUT2D eigenvalue weighted by molar-refractivity contribution is 0.942. The molecule has 2 aromatic rings. The SMILES string of the molecule is C=CCNC(=S)N/N=C/c1ccc(-c2ccccc2)cc1. The van der Waals surface area contributed by atoms with Crippen LogP contribution in [0.25, 0.3) is 11.1 Å². The van der Waals surface area contributed by atoms with Crippen LogP contribution in [0.4, 0.5) is 0 Å². The zero-order chi connectivity index (χ0) is 14.9. The number of nitrogens with one attached hydrogen (secondary N) is 2. The summed E-state index contributed by atoms with van der Waals surface area (Å²) in [7, 11) is 0. The highest BCUT2D eigenvalue weighted by Gasteiger charge is 1.96. The Morgan fingerprint density at radius 1 is 1.05 bits per heavy atom. The smallest absolute Gasteiger partial charge is 0.187 e. The molecule has 0 saturated carbocycles. The number of rotatable bonds is 5. The molecular weight excluding hydrogens is 278 g/mol. The predicted octanol–water partition coefficient (Wildman–Crippen LogP) is 3.34. The average molecular weight is 295 g/mol. The molecule has 21 heavy (non-hydrogen) atoms. The lowest BCUT2D eigenvalue weighted by atomic mass is 10.0. The van der Waals surface area contributed by atoms with Crippen LogP contribution in [0, 0.1) is 0 Å². The first-order valence-electron chi connectivity index (χ1n) is 6.63. The molecule has 0 aromatic heterocycles. The Bertz CT molecular complexity index is 618. The molecule has 2 N–H and O–H groups in total. The fourth-order valence-electron chi connectivity index (χ4n) is 1.76. The van der Waals surface area contributed by atoms with Gasteiger partial charge in [0, 0.05) is 6.54 Å². The summed E-state index contributed by atoms with van der Waals surface area (Å²) in [5, 5.41) is 7.50. The summed E-state index contributed by atoms with van der Waals surface area (Å²) in [5.74, 6) is 0. The molecule has 0 radical (unpaired) electrons. The number of hydrazone groups is 1. The molecule has 0 aliphatic heterocycles. The lowest BCUT2D eigenvalue weighted by Gasteiger charge is -2.04. The third-order valence-electron chi connectivity index (χ3n) is 2.80. The van der Waals surface area contributed by atoms with Gasteiger partial charge in [-0.2, -0.15) is 5.10 Å². The van der Waals surface area contributed by atoms with Gasteiger partial charge in [-0.25, -0.2) is 0 Å². The van der Waals surface area contributed by atoms with Gasteiger partial charge in [0.2, 0.25) is 0 Å². The number of thiocarbonyl (C=S) groups is 1. The molecule has 0 aliphatic rings. The predicted molar refractivity (Wildman–Crippen MR) is 93.4 cm³/mol. The normalized spacial score (nSPS) is 10.3. The number of nitrogens with zero attached hydrogens (tertiary/aromatic N) is 1. The third kappa shape index (κ3) is 4.85. The Morgan fingerprint density at radius 2 is 1.71 bits per heavy atom. The van der Waals surface area contributed by atoms with Crippen molar-refractivity contribution in [2.45, 2.75) is 0 Å². The molecule has 0 aliphatic carbocycles. The van der Waals surface area contributed by atoms with E-state index in [-0.39, 0.29) is 0 Å². The van der Waals surface area contributed by atoms with Gasteiger partial charge in [0.25, 0.3) is 0 Å². The maximum Gasteiger partial charge on any atom is 0.187 e. The second-order valence-corrected chi connectivity index (χ2v) is 4.76. The van der Waals surface area contributed by atoms with Gasteiger partial charge in [-0.3, -0.25) is 5.43 Å². The van der Waals surface area contributed by atoms with E-state index >= 15 is 0 Å². The molecule has 2 aromatic carbocycles. The minimum Gasteiger partial charge on any atom is -0.358 e. The molecule has 0 unspecified atom stereocenters. The quantitative estimate of drug-likeness (QED) is 0.384. The van der Waals surface area contributed by atoms with Crippen LogP contribution >= 0.6 is 12.2 Å². The van der Waals surface area contributed by atoms with Gasteiger partial charge in [0.1, 0.15) is 0 Å². The van der Waals surface area contributed by atoms with Crippen molar-refractivity contribution in [3.8, 4) is 11.1 Å². The van der Waals surface area contributed by atoms with Gasteiger partial charge >= 0.3 is 0 Å². The Hall–Kier alpha value is -2.46. The maximum absolute atomic E-state index is 5.04. The van der Waals surface area contributed by atoms with E-state index in [1.807, 2.05) is 30.3 Å². The van der Waals surface area contributed by atoms with Crippen molar-refractivity contribution in [1.29, 1.82) is 0 Å². The summed E-state index contributed by atoms with van der Waals surface area (Å²) < 4.78 is 0. The van der Waals surface area contributed by atoms with Crippen molar-refractivity contribution in [2.75, 3.05) is 6.54 Å². The first-order chi connectivity index (χ1) is 10.3. The monoisotopic (exact) mass is 295 g/mol. The van der Waals surface area contributed by atoms with Crippen LogP contribution in [-0.4, -0.2) is 17.9 Å². The summed E-state index contributed by atoms with van der Waals surface area (Å²) in [6.45, 7) is 4.22. The van der Waals surface area contributed by atoms with Crippen molar-refractivity contribution in [3.05, 3.63) is 72.8 Å². The molecule has 0 atom stereocenters. The first-order valence-corrected chi connectivity index (χ1v) is 7.03. The van der Waals surface area contributed by atoms with E-state index in [1.165, 1.54) is 11.1 Å². The lowest BCUT2D eigenvalue weighted by Crippen LogP contribution is -2.31.